The molecule has 3 saturated carbocycles. The van der Waals surface area contributed by atoms with Crippen molar-refractivity contribution in [1.82, 2.24) is 0 Å². The Morgan fingerprint density at radius 2 is 1.93 bits per heavy atom. The van der Waals surface area contributed by atoms with Gasteiger partial charge in [0, 0.05) is 29.5 Å². The summed E-state index contributed by atoms with van der Waals surface area (Å²) in [7, 11) is 0. The molecule has 4 nitrogen and oxygen atoms in total. The van der Waals surface area contributed by atoms with Crippen molar-refractivity contribution in [2.75, 3.05) is 6.61 Å². The lowest BCUT2D eigenvalue weighted by Crippen LogP contribution is -2.62. The van der Waals surface area contributed by atoms with Gasteiger partial charge in [0.2, 0.25) is 0 Å². The molecule has 3 fully saturated rings. The Morgan fingerprint density at radius 3 is 2.62 bits per heavy atom. The largest absolute Gasteiger partial charge is 0.458 e. The molecule has 6 heteroatoms. The molecule has 7 atom stereocenters. The summed E-state index contributed by atoms with van der Waals surface area (Å²) in [6.45, 7) is 5.28. The number of halogens is 2. The Bertz CT molecular complexity index is 794. The fraction of sp³-hybridized carbons (Fsp3) is 0.783. The second kappa shape index (κ2) is 7.00. The van der Waals surface area contributed by atoms with E-state index < -0.39 is 17.1 Å². The minimum absolute atomic E-state index is 0.00349. The first-order valence-electron chi connectivity index (χ1n) is 10.8. The number of carbonyl (C=O) groups is 3. The normalized spacial score (nSPS) is 46.2. The van der Waals surface area contributed by atoms with Crippen molar-refractivity contribution in [3.63, 3.8) is 0 Å². The van der Waals surface area contributed by atoms with E-state index in [1.807, 2.05) is 6.92 Å². The number of hydrogen-bond acceptors (Lipinski definition) is 4. The number of Topliss-reactive ketones (excluding diaryl/α,β-unsaturated/α-hetero) is 1. The number of ketones is 2. The second-order valence-electron chi connectivity index (χ2n) is 10.1. The number of carbonyl (C=O) groups excluding carboxylic acids is 3. The van der Waals surface area contributed by atoms with Gasteiger partial charge in [-0.2, -0.15) is 0 Å². The van der Waals surface area contributed by atoms with E-state index in [2.05, 4.69) is 22.9 Å². The van der Waals surface area contributed by atoms with E-state index in [9.17, 15) is 14.4 Å². The van der Waals surface area contributed by atoms with Gasteiger partial charge < -0.3 is 4.74 Å². The van der Waals surface area contributed by atoms with Gasteiger partial charge in [0.15, 0.2) is 11.6 Å². The van der Waals surface area contributed by atoms with Crippen LogP contribution in [-0.2, 0) is 19.1 Å². The number of esters is 1. The highest BCUT2D eigenvalue weighted by molar-refractivity contribution is 9.09. The van der Waals surface area contributed by atoms with E-state index in [1.54, 1.807) is 6.08 Å². The molecule has 0 spiro atoms. The fourth-order valence-electron chi connectivity index (χ4n) is 7.23. The summed E-state index contributed by atoms with van der Waals surface area (Å²) in [6, 6.07) is 0. The van der Waals surface area contributed by atoms with Crippen LogP contribution in [0.2, 0.25) is 0 Å². The van der Waals surface area contributed by atoms with E-state index in [0.29, 0.717) is 32.1 Å². The first-order chi connectivity index (χ1) is 13.5. The molecular formula is C23H30BrFO4. The Balaban J connectivity index is 1.65. The summed E-state index contributed by atoms with van der Waals surface area (Å²) in [4.78, 5) is 36.0. The number of alkyl halides is 2. The smallest absolute Gasteiger partial charge is 0.303 e. The zero-order valence-electron chi connectivity index (χ0n) is 17.4. The van der Waals surface area contributed by atoms with Crippen LogP contribution in [0.4, 0.5) is 4.39 Å². The van der Waals surface area contributed by atoms with Crippen molar-refractivity contribution in [3.05, 3.63) is 11.6 Å². The molecular weight excluding hydrogens is 439 g/mol. The molecule has 29 heavy (non-hydrogen) atoms. The molecule has 0 aromatic heterocycles. The Labute approximate surface area is 180 Å². The average molecular weight is 469 g/mol. The number of allylic oxidation sites excluding steroid dienone is 1. The molecule has 160 valence electrons. The molecule has 0 aromatic carbocycles. The highest BCUT2D eigenvalue weighted by Crippen LogP contribution is 2.70. The van der Waals surface area contributed by atoms with E-state index in [0.717, 1.165) is 18.4 Å². The number of fused-ring (bicyclic) bond motifs is 5. The summed E-state index contributed by atoms with van der Waals surface area (Å²) in [5.41, 5.74) is -1.30. The van der Waals surface area contributed by atoms with E-state index in [-0.39, 0.29) is 46.2 Å². The Kier molecular flexibility index (Phi) is 5.12. The third kappa shape index (κ3) is 2.99. The van der Waals surface area contributed by atoms with Crippen LogP contribution in [-0.4, -0.2) is 34.6 Å². The van der Waals surface area contributed by atoms with Gasteiger partial charge in [0.25, 0.3) is 0 Å². The molecule has 4 rings (SSSR count). The number of hydrogen-bond donors (Lipinski definition) is 0. The molecule has 0 saturated heterocycles. The van der Waals surface area contributed by atoms with Gasteiger partial charge in [-0.15, -0.1) is 0 Å². The van der Waals surface area contributed by atoms with Crippen LogP contribution in [0, 0.1) is 28.6 Å². The summed E-state index contributed by atoms with van der Waals surface area (Å²) in [5.74, 6) is -0.559. The fourth-order valence-corrected chi connectivity index (χ4v) is 8.27. The van der Waals surface area contributed by atoms with Gasteiger partial charge in [-0.05, 0) is 67.4 Å². The number of ether oxygens (including phenoxy) is 1. The molecule has 0 N–H and O–H groups in total. The van der Waals surface area contributed by atoms with E-state index in [4.69, 9.17) is 4.74 Å². The van der Waals surface area contributed by atoms with Crippen LogP contribution in [0.25, 0.3) is 0 Å². The Hall–Kier alpha value is -1.04. The van der Waals surface area contributed by atoms with Crippen molar-refractivity contribution >= 4 is 33.5 Å². The van der Waals surface area contributed by atoms with Gasteiger partial charge in [-0.1, -0.05) is 29.8 Å². The van der Waals surface area contributed by atoms with Crippen LogP contribution < -0.4 is 0 Å². The molecule has 4 aliphatic rings. The molecule has 0 amide bonds. The van der Waals surface area contributed by atoms with Gasteiger partial charge >= 0.3 is 5.97 Å². The van der Waals surface area contributed by atoms with Crippen LogP contribution in [0.5, 0.6) is 0 Å². The maximum Gasteiger partial charge on any atom is 0.303 e. The van der Waals surface area contributed by atoms with E-state index in [1.165, 1.54) is 6.92 Å². The SMILES string of the molecule is CC(=O)OCC(=O)[C@H]1CC[C@H]2[C@@H]3C[C@H](Br)C4=CC(=O)CC[C@]4(C)[C@@]3(F)CC[C@]12C. The second-order valence-corrected chi connectivity index (χ2v) is 11.2. The monoisotopic (exact) mass is 468 g/mol. The van der Waals surface area contributed by atoms with Crippen molar-refractivity contribution in [1.29, 1.82) is 0 Å². The lowest BCUT2D eigenvalue weighted by Gasteiger charge is -2.62. The quantitative estimate of drug-likeness (QED) is 0.443. The van der Waals surface area contributed by atoms with Gasteiger partial charge in [0.05, 0.1) is 0 Å². The van der Waals surface area contributed by atoms with Crippen LogP contribution in [0.3, 0.4) is 0 Å². The van der Waals surface area contributed by atoms with Gasteiger partial charge in [0.1, 0.15) is 12.3 Å². The summed E-state index contributed by atoms with van der Waals surface area (Å²) >= 11 is 3.77. The lowest BCUT2D eigenvalue weighted by molar-refractivity contribution is -0.157. The van der Waals surface area contributed by atoms with Crippen LogP contribution in [0.1, 0.15) is 65.7 Å². The standard InChI is InChI=1S/C23H30BrFO4/c1-13(26)29-12-20(28)16-5-4-15-17-11-19(24)18-10-14(27)6-7-22(18,3)23(17,25)9-8-21(15,16)2/h10,15-17,19H,4-9,11-12H2,1-3H3/t15-,16+,17-,19-,21-,22-,23+/m0/s1. The molecule has 0 unspecified atom stereocenters. The average Bonchev–Trinajstić information content (AvgIpc) is 3.01. The van der Waals surface area contributed by atoms with Crippen LogP contribution >= 0.6 is 15.9 Å². The predicted molar refractivity (Wildman–Crippen MR) is 110 cm³/mol. The topological polar surface area (TPSA) is 60.4 Å². The molecule has 4 aliphatic carbocycles. The zero-order valence-corrected chi connectivity index (χ0v) is 19.0. The third-order valence-electron chi connectivity index (χ3n) is 8.86. The van der Waals surface area contributed by atoms with Crippen molar-refractivity contribution in [2.45, 2.75) is 76.2 Å². The Morgan fingerprint density at radius 1 is 1.21 bits per heavy atom. The summed E-state index contributed by atoms with van der Waals surface area (Å²) in [6.07, 6.45) is 5.96. The molecule has 0 aliphatic heterocycles. The minimum Gasteiger partial charge on any atom is -0.458 e. The maximum atomic E-state index is 16.9. The van der Waals surface area contributed by atoms with Gasteiger partial charge in [-0.3, -0.25) is 14.4 Å². The molecule has 0 aromatic rings. The maximum absolute atomic E-state index is 16.9. The zero-order chi connectivity index (χ0) is 21.2. The molecule has 0 bridgehead atoms. The van der Waals surface area contributed by atoms with Crippen molar-refractivity contribution < 1.29 is 23.5 Å². The summed E-state index contributed by atoms with van der Waals surface area (Å²) in [5, 5.41) is 0. The van der Waals surface area contributed by atoms with E-state index >= 15 is 4.39 Å². The summed E-state index contributed by atoms with van der Waals surface area (Å²) < 4.78 is 21.9. The predicted octanol–water partition coefficient (Wildman–Crippen LogP) is 4.73. The van der Waals surface area contributed by atoms with Gasteiger partial charge in [-0.25, -0.2) is 4.39 Å². The van der Waals surface area contributed by atoms with Crippen LogP contribution in [0.15, 0.2) is 11.6 Å². The first kappa shape index (κ1) is 21.2. The highest BCUT2D eigenvalue weighted by Gasteiger charge is 2.68. The molecule has 0 heterocycles. The van der Waals surface area contributed by atoms with Crippen molar-refractivity contribution in [2.24, 2.45) is 28.6 Å². The number of rotatable bonds is 3. The van der Waals surface area contributed by atoms with Crippen molar-refractivity contribution in [3.8, 4) is 0 Å². The third-order valence-corrected chi connectivity index (χ3v) is 9.72. The highest BCUT2D eigenvalue weighted by atomic mass is 79.9. The molecule has 0 radical (unpaired) electrons. The lowest BCUT2D eigenvalue weighted by atomic mass is 9.45. The first-order valence-corrected chi connectivity index (χ1v) is 11.7. The minimum atomic E-state index is -1.35.